The zero-order chi connectivity index (χ0) is 15.0. The van der Waals surface area contributed by atoms with E-state index in [1.165, 1.54) is 0 Å². The molecule has 0 aliphatic carbocycles. The van der Waals surface area contributed by atoms with Gasteiger partial charge in [0.05, 0.1) is 4.90 Å². The van der Waals surface area contributed by atoms with E-state index in [4.69, 9.17) is 0 Å². The molecule has 0 saturated carbocycles. The molecular formula is C15H23N3O2S. The van der Waals surface area contributed by atoms with Crippen LogP contribution in [0.4, 0.5) is 0 Å². The van der Waals surface area contributed by atoms with Crippen molar-refractivity contribution < 1.29 is 8.42 Å². The highest BCUT2D eigenvalue weighted by Gasteiger charge is 2.33. The van der Waals surface area contributed by atoms with E-state index >= 15 is 0 Å². The molecule has 21 heavy (non-hydrogen) atoms. The summed E-state index contributed by atoms with van der Waals surface area (Å²) >= 11 is 0. The first-order valence-electron chi connectivity index (χ1n) is 7.50. The summed E-state index contributed by atoms with van der Waals surface area (Å²) in [5.41, 5.74) is 1.93. The first kappa shape index (κ1) is 15.0. The number of sulfonamides is 1. The molecule has 0 aromatic heterocycles. The van der Waals surface area contributed by atoms with Crippen LogP contribution < -0.4 is 5.32 Å². The van der Waals surface area contributed by atoms with E-state index in [9.17, 15) is 8.42 Å². The van der Waals surface area contributed by atoms with Crippen LogP contribution in [0.5, 0.6) is 0 Å². The van der Waals surface area contributed by atoms with Gasteiger partial charge in [-0.25, -0.2) is 8.42 Å². The van der Waals surface area contributed by atoms with Gasteiger partial charge in [-0.2, -0.15) is 4.31 Å². The van der Waals surface area contributed by atoms with E-state index in [0.717, 1.165) is 37.3 Å². The van der Waals surface area contributed by atoms with Crippen molar-refractivity contribution in [1.82, 2.24) is 14.5 Å². The average molecular weight is 309 g/mol. The van der Waals surface area contributed by atoms with Gasteiger partial charge in [0.25, 0.3) is 0 Å². The van der Waals surface area contributed by atoms with E-state index in [1.54, 1.807) is 10.4 Å². The summed E-state index contributed by atoms with van der Waals surface area (Å²) in [7, 11) is -3.36. The van der Waals surface area contributed by atoms with Crippen molar-refractivity contribution >= 4 is 10.0 Å². The molecule has 2 saturated heterocycles. The normalized spacial score (nSPS) is 22.2. The Morgan fingerprint density at radius 3 is 2.29 bits per heavy atom. The Hall–Kier alpha value is -0.950. The summed E-state index contributed by atoms with van der Waals surface area (Å²) in [6.45, 7) is 8.75. The van der Waals surface area contributed by atoms with E-state index in [0.29, 0.717) is 24.0 Å². The fraction of sp³-hybridized carbons (Fsp3) is 0.600. The van der Waals surface area contributed by atoms with Crippen molar-refractivity contribution in [3.05, 3.63) is 29.3 Å². The van der Waals surface area contributed by atoms with Crippen LogP contribution in [0.1, 0.15) is 11.1 Å². The van der Waals surface area contributed by atoms with Crippen molar-refractivity contribution in [1.29, 1.82) is 0 Å². The van der Waals surface area contributed by atoms with E-state index in [-0.39, 0.29) is 0 Å². The molecule has 0 amide bonds. The predicted octanol–water partition coefficient (Wildman–Crippen LogP) is 0.582. The standard InChI is InChI=1S/C15H23N3O2S/c1-12-3-4-15(13(2)9-12)21(19,20)18-7-5-17(6-8-18)14-10-16-11-14/h3-4,9,14,16H,5-8,10-11H2,1-2H3. The van der Waals surface area contributed by atoms with Crippen molar-refractivity contribution in [2.75, 3.05) is 39.3 Å². The van der Waals surface area contributed by atoms with Gasteiger partial charge in [-0.3, -0.25) is 4.90 Å². The Bertz CT molecular complexity index is 618. The number of aryl methyl sites for hydroxylation is 2. The first-order chi connectivity index (χ1) is 9.98. The van der Waals surface area contributed by atoms with Gasteiger partial charge >= 0.3 is 0 Å². The van der Waals surface area contributed by atoms with Crippen molar-refractivity contribution in [3.8, 4) is 0 Å². The zero-order valence-electron chi connectivity index (χ0n) is 12.7. The van der Waals surface area contributed by atoms with Gasteiger partial charge in [0.1, 0.15) is 0 Å². The van der Waals surface area contributed by atoms with Crippen LogP contribution in [0.3, 0.4) is 0 Å². The third-order valence-electron chi connectivity index (χ3n) is 4.50. The molecule has 2 aliphatic rings. The Balaban J connectivity index is 1.73. The molecule has 2 aliphatic heterocycles. The van der Waals surface area contributed by atoms with Crippen molar-refractivity contribution in [3.63, 3.8) is 0 Å². The molecule has 116 valence electrons. The minimum atomic E-state index is -3.36. The summed E-state index contributed by atoms with van der Waals surface area (Å²) < 4.78 is 27.2. The monoisotopic (exact) mass is 309 g/mol. The predicted molar refractivity (Wildman–Crippen MR) is 82.9 cm³/mol. The highest BCUT2D eigenvalue weighted by Crippen LogP contribution is 2.22. The molecular weight excluding hydrogens is 286 g/mol. The number of hydrogen-bond donors (Lipinski definition) is 1. The molecule has 0 spiro atoms. The largest absolute Gasteiger partial charge is 0.314 e. The number of nitrogens with zero attached hydrogens (tertiary/aromatic N) is 2. The van der Waals surface area contributed by atoms with Crippen LogP contribution in [0.15, 0.2) is 23.1 Å². The van der Waals surface area contributed by atoms with Gasteiger partial charge in [0, 0.05) is 45.3 Å². The van der Waals surface area contributed by atoms with Crippen LogP contribution in [0, 0.1) is 13.8 Å². The minimum absolute atomic E-state index is 0.451. The summed E-state index contributed by atoms with van der Waals surface area (Å²) in [6, 6.07) is 6.14. The van der Waals surface area contributed by atoms with E-state index in [2.05, 4.69) is 10.2 Å². The van der Waals surface area contributed by atoms with Crippen molar-refractivity contribution in [2.24, 2.45) is 0 Å². The molecule has 6 heteroatoms. The summed E-state index contributed by atoms with van der Waals surface area (Å²) in [5.74, 6) is 0. The minimum Gasteiger partial charge on any atom is -0.314 e. The summed E-state index contributed by atoms with van der Waals surface area (Å²) in [4.78, 5) is 2.84. The van der Waals surface area contributed by atoms with Crippen molar-refractivity contribution in [2.45, 2.75) is 24.8 Å². The zero-order valence-corrected chi connectivity index (χ0v) is 13.5. The molecule has 2 fully saturated rings. The van der Waals surface area contributed by atoms with Gasteiger partial charge in [-0.1, -0.05) is 17.7 Å². The summed E-state index contributed by atoms with van der Waals surface area (Å²) in [6.07, 6.45) is 0. The molecule has 1 N–H and O–H groups in total. The fourth-order valence-electron chi connectivity index (χ4n) is 3.07. The van der Waals surface area contributed by atoms with E-state index < -0.39 is 10.0 Å². The fourth-order valence-corrected chi connectivity index (χ4v) is 4.70. The molecule has 1 aromatic carbocycles. The molecule has 0 unspecified atom stereocenters. The Morgan fingerprint density at radius 2 is 1.76 bits per heavy atom. The maximum absolute atomic E-state index is 12.8. The van der Waals surface area contributed by atoms with Crippen LogP contribution in [-0.2, 0) is 10.0 Å². The Labute approximate surface area is 127 Å². The maximum atomic E-state index is 12.8. The van der Waals surface area contributed by atoms with Crippen LogP contribution >= 0.6 is 0 Å². The van der Waals surface area contributed by atoms with Crippen LogP contribution in [0.2, 0.25) is 0 Å². The van der Waals surface area contributed by atoms with Gasteiger partial charge in [-0.05, 0) is 25.5 Å². The molecule has 5 nitrogen and oxygen atoms in total. The smallest absolute Gasteiger partial charge is 0.243 e. The van der Waals surface area contributed by atoms with Gasteiger partial charge in [0.15, 0.2) is 0 Å². The lowest BCUT2D eigenvalue weighted by Crippen LogP contribution is -2.62. The second kappa shape index (κ2) is 5.68. The summed E-state index contributed by atoms with van der Waals surface area (Å²) in [5, 5.41) is 3.27. The highest BCUT2D eigenvalue weighted by atomic mass is 32.2. The number of hydrogen-bond acceptors (Lipinski definition) is 4. The lowest BCUT2D eigenvalue weighted by Gasteiger charge is -2.42. The molecule has 3 rings (SSSR count). The molecule has 0 bridgehead atoms. The number of rotatable bonds is 3. The maximum Gasteiger partial charge on any atom is 0.243 e. The lowest BCUT2D eigenvalue weighted by molar-refractivity contribution is 0.103. The van der Waals surface area contributed by atoms with Gasteiger partial charge < -0.3 is 5.32 Å². The number of nitrogens with one attached hydrogen (secondary N) is 1. The number of piperazine rings is 1. The second-order valence-electron chi connectivity index (χ2n) is 6.02. The van der Waals surface area contributed by atoms with Crippen LogP contribution in [-0.4, -0.2) is 62.9 Å². The SMILES string of the molecule is Cc1ccc(S(=O)(=O)N2CCN(C3CNC3)CC2)c(C)c1. The van der Waals surface area contributed by atoms with E-state index in [1.807, 2.05) is 26.0 Å². The quantitative estimate of drug-likeness (QED) is 0.887. The van der Waals surface area contributed by atoms with Gasteiger partial charge in [0.2, 0.25) is 10.0 Å². The number of benzene rings is 1. The second-order valence-corrected chi connectivity index (χ2v) is 7.93. The molecule has 0 atom stereocenters. The highest BCUT2D eigenvalue weighted by molar-refractivity contribution is 7.89. The first-order valence-corrected chi connectivity index (χ1v) is 8.94. The Morgan fingerprint density at radius 1 is 1.10 bits per heavy atom. The third-order valence-corrected chi connectivity index (χ3v) is 6.56. The third kappa shape index (κ3) is 2.85. The molecule has 2 heterocycles. The molecule has 1 aromatic rings. The topological polar surface area (TPSA) is 52.7 Å². The average Bonchev–Trinajstić information content (AvgIpc) is 2.37. The Kier molecular flexibility index (Phi) is 4.05. The van der Waals surface area contributed by atoms with Gasteiger partial charge in [-0.15, -0.1) is 0 Å². The molecule has 0 radical (unpaired) electrons. The van der Waals surface area contributed by atoms with Crippen LogP contribution in [0.25, 0.3) is 0 Å². The lowest BCUT2D eigenvalue weighted by atomic mass is 10.1.